The second-order valence-corrected chi connectivity index (χ2v) is 1.33. The Morgan fingerprint density at radius 1 is 1.00 bits per heavy atom. The highest BCUT2D eigenvalue weighted by Gasteiger charge is 1.74. The average molecular weight is 96.1 g/mol. The first-order valence-corrected chi connectivity index (χ1v) is 2.31. The fourth-order valence-corrected chi connectivity index (χ4v) is 0.429. The monoisotopic (exact) mass is 96.1 g/mol. The van der Waals surface area contributed by atoms with Gasteiger partial charge in [0.1, 0.15) is 0 Å². The van der Waals surface area contributed by atoms with Crippen LogP contribution in [0, 0.1) is 0 Å². The van der Waals surface area contributed by atoms with Gasteiger partial charge in [-0.05, 0) is 6.42 Å². The molecule has 0 saturated carbocycles. The molecular formula is C5H8N2. The molecule has 0 aromatic rings. The fraction of sp³-hybridized carbons (Fsp3) is 0.200. The smallest absolute Gasteiger partial charge is 0.0140 e. The molecule has 0 spiro atoms. The van der Waals surface area contributed by atoms with Crippen LogP contribution in [0.15, 0.2) is 24.6 Å². The van der Waals surface area contributed by atoms with Crippen LogP contribution in [-0.2, 0) is 0 Å². The molecule has 1 aliphatic heterocycles. The van der Waals surface area contributed by atoms with Gasteiger partial charge in [-0.25, -0.2) is 0 Å². The maximum Gasteiger partial charge on any atom is 0.0140 e. The minimum absolute atomic E-state index is 1.01. The van der Waals surface area contributed by atoms with Crippen LogP contribution in [0.3, 0.4) is 0 Å². The molecule has 1 aliphatic rings. The van der Waals surface area contributed by atoms with Crippen molar-refractivity contribution in [3.05, 3.63) is 24.6 Å². The van der Waals surface area contributed by atoms with E-state index < -0.39 is 0 Å². The van der Waals surface area contributed by atoms with Crippen molar-refractivity contribution in [2.75, 3.05) is 0 Å². The van der Waals surface area contributed by atoms with E-state index in [1.165, 1.54) is 0 Å². The molecule has 38 valence electrons. The molecule has 0 radical (unpaired) electrons. The minimum Gasteiger partial charge on any atom is -0.309 e. The molecule has 0 aromatic carbocycles. The maximum atomic E-state index is 2.83. The second-order valence-electron chi connectivity index (χ2n) is 1.33. The Bertz CT molecular complexity index is 82.3. The minimum atomic E-state index is 1.01. The zero-order valence-corrected chi connectivity index (χ0v) is 4.02. The van der Waals surface area contributed by atoms with Crippen LogP contribution in [0.25, 0.3) is 0 Å². The van der Waals surface area contributed by atoms with Crippen molar-refractivity contribution < 1.29 is 0 Å². The first kappa shape index (κ1) is 4.24. The largest absolute Gasteiger partial charge is 0.309 e. The summed E-state index contributed by atoms with van der Waals surface area (Å²) in [5.74, 6) is 0. The van der Waals surface area contributed by atoms with E-state index in [1.807, 2.05) is 24.6 Å². The fourth-order valence-electron chi connectivity index (χ4n) is 0.429. The van der Waals surface area contributed by atoms with Crippen LogP contribution in [0.1, 0.15) is 6.42 Å². The summed E-state index contributed by atoms with van der Waals surface area (Å²) in [6, 6.07) is 0. The first-order valence-electron chi connectivity index (χ1n) is 2.31. The van der Waals surface area contributed by atoms with E-state index in [4.69, 9.17) is 0 Å². The molecule has 2 nitrogen and oxygen atoms in total. The Balaban J connectivity index is 2.38. The number of nitrogens with one attached hydrogen (secondary N) is 2. The number of hydrogen-bond acceptors (Lipinski definition) is 2. The van der Waals surface area contributed by atoms with Gasteiger partial charge in [0.25, 0.3) is 0 Å². The Morgan fingerprint density at radius 3 is 2.14 bits per heavy atom. The van der Waals surface area contributed by atoms with Crippen molar-refractivity contribution in [3.63, 3.8) is 0 Å². The van der Waals surface area contributed by atoms with Gasteiger partial charge < -0.3 is 10.9 Å². The molecule has 0 aromatic heterocycles. The Labute approximate surface area is 42.9 Å². The van der Waals surface area contributed by atoms with E-state index in [0.29, 0.717) is 0 Å². The van der Waals surface area contributed by atoms with Crippen molar-refractivity contribution in [2.45, 2.75) is 6.42 Å². The van der Waals surface area contributed by atoms with Crippen LogP contribution < -0.4 is 10.9 Å². The van der Waals surface area contributed by atoms with Crippen LogP contribution in [0.2, 0.25) is 0 Å². The molecule has 0 bridgehead atoms. The topological polar surface area (TPSA) is 24.1 Å². The zero-order chi connectivity index (χ0) is 4.95. The molecule has 1 rings (SSSR count). The summed E-state index contributed by atoms with van der Waals surface area (Å²) < 4.78 is 0. The van der Waals surface area contributed by atoms with Gasteiger partial charge in [-0.2, -0.15) is 0 Å². The summed E-state index contributed by atoms with van der Waals surface area (Å²) in [4.78, 5) is 0. The SMILES string of the molecule is C1=CNNC=CC1. The van der Waals surface area contributed by atoms with Gasteiger partial charge in [0.05, 0.1) is 0 Å². The van der Waals surface area contributed by atoms with Crippen molar-refractivity contribution in [1.29, 1.82) is 0 Å². The molecule has 0 aliphatic carbocycles. The lowest BCUT2D eigenvalue weighted by molar-refractivity contribution is 0.781. The number of hydrazine groups is 1. The van der Waals surface area contributed by atoms with Gasteiger partial charge in [0.2, 0.25) is 0 Å². The summed E-state index contributed by atoms with van der Waals surface area (Å²) in [5.41, 5.74) is 5.66. The van der Waals surface area contributed by atoms with Gasteiger partial charge in [0.15, 0.2) is 0 Å². The third kappa shape index (κ3) is 1.30. The van der Waals surface area contributed by atoms with Gasteiger partial charge in [-0.3, -0.25) is 0 Å². The molecule has 0 fully saturated rings. The van der Waals surface area contributed by atoms with E-state index in [0.717, 1.165) is 6.42 Å². The lowest BCUT2D eigenvalue weighted by Gasteiger charge is -1.91. The van der Waals surface area contributed by atoms with Crippen LogP contribution in [0.4, 0.5) is 0 Å². The van der Waals surface area contributed by atoms with Gasteiger partial charge in [0, 0.05) is 12.4 Å². The average Bonchev–Trinajstić information content (AvgIpc) is 1.90. The highest BCUT2D eigenvalue weighted by Crippen LogP contribution is 1.83. The van der Waals surface area contributed by atoms with Crippen molar-refractivity contribution in [3.8, 4) is 0 Å². The van der Waals surface area contributed by atoms with E-state index in [2.05, 4.69) is 10.9 Å². The molecule has 0 saturated heterocycles. The molecule has 0 amide bonds. The van der Waals surface area contributed by atoms with Gasteiger partial charge in [-0.15, -0.1) is 0 Å². The molecule has 2 N–H and O–H groups in total. The van der Waals surface area contributed by atoms with Crippen molar-refractivity contribution in [2.24, 2.45) is 0 Å². The molecule has 0 atom stereocenters. The van der Waals surface area contributed by atoms with E-state index in [1.54, 1.807) is 0 Å². The number of hydrogen-bond donors (Lipinski definition) is 2. The van der Waals surface area contributed by atoms with Crippen LogP contribution in [0.5, 0.6) is 0 Å². The Kier molecular flexibility index (Phi) is 1.39. The van der Waals surface area contributed by atoms with Gasteiger partial charge >= 0.3 is 0 Å². The molecule has 1 heterocycles. The third-order valence-corrected chi connectivity index (χ3v) is 0.758. The highest BCUT2D eigenvalue weighted by molar-refractivity contribution is 4.93. The van der Waals surface area contributed by atoms with E-state index >= 15 is 0 Å². The zero-order valence-electron chi connectivity index (χ0n) is 4.02. The Hall–Kier alpha value is -0.920. The standard InChI is InChI=1S/C5H8N2/c1-2-4-6-7-5-3-1/h2-7H,1H2. The summed E-state index contributed by atoms with van der Waals surface area (Å²) in [6.45, 7) is 0. The van der Waals surface area contributed by atoms with Crippen LogP contribution in [-0.4, -0.2) is 0 Å². The lowest BCUT2D eigenvalue weighted by atomic mass is 10.4. The maximum absolute atomic E-state index is 2.83. The quantitative estimate of drug-likeness (QED) is 0.459. The summed E-state index contributed by atoms with van der Waals surface area (Å²) in [6.07, 6.45) is 8.84. The van der Waals surface area contributed by atoms with Gasteiger partial charge in [-0.1, -0.05) is 12.2 Å². The highest BCUT2D eigenvalue weighted by atomic mass is 15.3. The number of allylic oxidation sites excluding steroid dienone is 2. The summed E-state index contributed by atoms with van der Waals surface area (Å²) in [7, 11) is 0. The van der Waals surface area contributed by atoms with Crippen LogP contribution >= 0.6 is 0 Å². The predicted octanol–water partition coefficient (Wildman–Crippen LogP) is 0.512. The van der Waals surface area contributed by atoms with E-state index in [-0.39, 0.29) is 0 Å². The molecular weight excluding hydrogens is 88.1 g/mol. The Morgan fingerprint density at radius 2 is 1.57 bits per heavy atom. The first-order chi connectivity index (χ1) is 3.50. The number of rotatable bonds is 0. The predicted molar refractivity (Wildman–Crippen MR) is 29.2 cm³/mol. The lowest BCUT2D eigenvalue weighted by Crippen LogP contribution is -2.18. The normalized spacial score (nSPS) is 17.1. The van der Waals surface area contributed by atoms with Crippen molar-refractivity contribution >= 4 is 0 Å². The molecule has 7 heavy (non-hydrogen) atoms. The summed E-state index contributed by atoms with van der Waals surface area (Å²) in [5, 5.41) is 0. The molecule has 0 unspecified atom stereocenters. The third-order valence-electron chi connectivity index (χ3n) is 0.758. The van der Waals surface area contributed by atoms with E-state index in [9.17, 15) is 0 Å². The van der Waals surface area contributed by atoms with Crippen molar-refractivity contribution in [1.82, 2.24) is 10.9 Å². The second kappa shape index (κ2) is 2.29. The summed E-state index contributed by atoms with van der Waals surface area (Å²) >= 11 is 0. The molecule has 2 heteroatoms.